The molecule has 36 heavy (non-hydrogen) atoms. The predicted molar refractivity (Wildman–Crippen MR) is 139 cm³/mol. The van der Waals surface area contributed by atoms with Gasteiger partial charge in [0.15, 0.2) is 11.0 Å². The number of fused-ring (bicyclic) bond motifs is 3. The number of halogens is 2. The summed E-state index contributed by atoms with van der Waals surface area (Å²) in [6.07, 6.45) is 0.129. The number of rotatable bonds is 8. The van der Waals surface area contributed by atoms with Crippen molar-refractivity contribution in [3.05, 3.63) is 69.7 Å². The zero-order valence-electron chi connectivity index (χ0n) is 19.4. The third kappa shape index (κ3) is 5.39. The van der Waals surface area contributed by atoms with E-state index in [0.29, 0.717) is 22.3 Å². The lowest BCUT2D eigenvalue weighted by molar-refractivity contribution is -0.137. The van der Waals surface area contributed by atoms with Gasteiger partial charge in [0.1, 0.15) is 11.9 Å². The van der Waals surface area contributed by atoms with Crippen LogP contribution in [0.3, 0.4) is 0 Å². The standard InChI is InChI=1S/C25H25BrFN5O3S/c26-16-5-7-21-18(15-16)23(17-3-1-2-4-19(17)27)28-20(6-8-22(33)34)24-29-30-25(32(21)24)36-14-11-31-9-12-35-13-10-31/h1-5,7,15,20H,6,8-14H2,(H,33,34)/t20-/m0/s1. The molecule has 0 radical (unpaired) electrons. The third-order valence-electron chi connectivity index (χ3n) is 6.20. The highest BCUT2D eigenvalue weighted by atomic mass is 79.9. The molecular weight excluding hydrogens is 549 g/mol. The molecule has 3 heterocycles. The lowest BCUT2D eigenvalue weighted by atomic mass is 10.00. The van der Waals surface area contributed by atoms with Crippen LogP contribution in [0.1, 0.15) is 35.8 Å². The van der Waals surface area contributed by atoms with E-state index in [4.69, 9.17) is 9.73 Å². The number of benzene rings is 2. The second-order valence-electron chi connectivity index (χ2n) is 8.55. The van der Waals surface area contributed by atoms with Gasteiger partial charge in [-0.2, -0.15) is 0 Å². The highest BCUT2D eigenvalue weighted by molar-refractivity contribution is 9.10. The molecule has 1 N–H and O–H groups in total. The van der Waals surface area contributed by atoms with Gasteiger partial charge in [-0.25, -0.2) is 4.39 Å². The molecule has 3 aromatic rings. The van der Waals surface area contributed by atoms with Crippen LogP contribution in [-0.4, -0.2) is 75.1 Å². The van der Waals surface area contributed by atoms with E-state index in [2.05, 4.69) is 31.0 Å². The van der Waals surface area contributed by atoms with Gasteiger partial charge < -0.3 is 9.84 Å². The van der Waals surface area contributed by atoms with Crippen LogP contribution in [0.5, 0.6) is 0 Å². The first-order valence-electron chi connectivity index (χ1n) is 11.7. The van der Waals surface area contributed by atoms with E-state index in [0.717, 1.165) is 54.3 Å². The van der Waals surface area contributed by atoms with Crippen molar-refractivity contribution in [3.63, 3.8) is 0 Å². The Morgan fingerprint density at radius 1 is 1.17 bits per heavy atom. The summed E-state index contributed by atoms with van der Waals surface area (Å²) in [5.41, 5.74) is 2.34. The van der Waals surface area contributed by atoms with Gasteiger partial charge in [0.05, 0.1) is 24.6 Å². The average Bonchev–Trinajstić information content (AvgIpc) is 3.23. The number of thioether (sulfide) groups is 1. The smallest absolute Gasteiger partial charge is 0.303 e. The highest BCUT2D eigenvalue weighted by Crippen LogP contribution is 2.36. The number of morpholine rings is 1. The lowest BCUT2D eigenvalue weighted by Gasteiger charge is -2.26. The minimum atomic E-state index is -0.923. The molecule has 0 bridgehead atoms. The van der Waals surface area contributed by atoms with Gasteiger partial charge in [-0.1, -0.05) is 39.8 Å². The quantitative estimate of drug-likeness (QED) is 0.400. The maximum Gasteiger partial charge on any atom is 0.303 e. The number of carboxylic acid groups (broad SMARTS) is 1. The summed E-state index contributed by atoms with van der Waals surface area (Å²) >= 11 is 5.14. The fraction of sp³-hybridized carbons (Fsp3) is 0.360. The Bertz CT molecular complexity index is 1290. The number of aliphatic carboxylic acids is 1. The number of aliphatic imine (C=N–C) groups is 1. The summed E-state index contributed by atoms with van der Waals surface area (Å²) in [5.74, 6) is 0.0513. The molecule has 188 valence electrons. The van der Waals surface area contributed by atoms with Crippen molar-refractivity contribution in [1.29, 1.82) is 0 Å². The molecule has 0 unspecified atom stereocenters. The summed E-state index contributed by atoms with van der Waals surface area (Å²) in [7, 11) is 0. The highest BCUT2D eigenvalue weighted by Gasteiger charge is 2.30. The van der Waals surface area contributed by atoms with Gasteiger partial charge in [-0.15, -0.1) is 10.2 Å². The Morgan fingerprint density at radius 3 is 2.75 bits per heavy atom. The van der Waals surface area contributed by atoms with E-state index in [1.807, 2.05) is 22.8 Å². The second kappa shape index (κ2) is 11.2. The molecule has 0 aliphatic carbocycles. The monoisotopic (exact) mass is 573 g/mol. The number of hydrogen-bond donors (Lipinski definition) is 1. The topological polar surface area (TPSA) is 92.8 Å². The van der Waals surface area contributed by atoms with Crippen molar-refractivity contribution in [2.75, 3.05) is 38.6 Å². The number of nitrogens with zero attached hydrogens (tertiary/aromatic N) is 5. The Morgan fingerprint density at radius 2 is 1.97 bits per heavy atom. The van der Waals surface area contributed by atoms with E-state index in [1.54, 1.807) is 30.0 Å². The van der Waals surface area contributed by atoms with Crippen LogP contribution < -0.4 is 0 Å². The van der Waals surface area contributed by atoms with Crippen molar-refractivity contribution in [1.82, 2.24) is 19.7 Å². The predicted octanol–water partition coefficient (Wildman–Crippen LogP) is 4.35. The van der Waals surface area contributed by atoms with Crippen LogP contribution in [0, 0.1) is 5.82 Å². The van der Waals surface area contributed by atoms with Crippen LogP contribution in [-0.2, 0) is 9.53 Å². The molecule has 1 fully saturated rings. The van der Waals surface area contributed by atoms with Gasteiger partial charge in [0.25, 0.3) is 0 Å². The summed E-state index contributed by atoms with van der Waals surface area (Å²) < 4.78 is 23.2. The molecule has 1 aromatic heterocycles. The SMILES string of the molecule is O=C(O)CC[C@@H]1N=C(c2ccccc2F)c2cc(Br)ccc2-n2c(SCCN3CCOCC3)nnc21. The normalized spacial score (nSPS) is 17.7. The Labute approximate surface area is 220 Å². The molecule has 1 saturated heterocycles. The first-order chi connectivity index (χ1) is 17.5. The van der Waals surface area contributed by atoms with E-state index in [9.17, 15) is 14.3 Å². The van der Waals surface area contributed by atoms with Crippen molar-refractivity contribution >= 4 is 39.4 Å². The average molecular weight is 574 g/mol. The summed E-state index contributed by atoms with van der Waals surface area (Å²) in [6, 6.07) is 11.7. The molecule has 2 aliphatic heterocycles. The third-order valence-corrected chi connectivity index (χ3v) is 7.60. The summed E-state index contributed by atoms with van der Waals surface area (Å²) in [6.45, 7) is 4.20. The van der Waals surface area contributed by atoms with E-state index in [1.165, 1.54) is 6.07 Å². The second-order valence-corrected chi connectivity index (χ2v) is 10.5. The number of aromatic nitrogens is 3. The van der Waals surface area contributed by atoms with Crippen molar-refractivity contribution < 1.29 is 19.0 Å². The van der Waals surface area contributed by atoms with E-state index in [-0.39, 0.29) is 12.8 Å². The number of carboxylic acids is 1. The first-order valence-corrected chi connectivity index (χ1v) is 13.5. The van der Waals surface area contributed by atoms with Crippen molar-refractivity contribution in [3.8, 4) is 5.69 Å². The molecule has 2 aliphatic rings. The van der Waals surface area contributed by atoms with Crippen molar-refractivity contribution in [2.24, 2.45) is 4.99 Å². The Kier molecular flexibility index (Phi) is 7.80. The van der Waals surface area contributed by atoms with Crippen LogP contribution in [0.15, 0.2) is 57.1 Å². The lowest BCUT2D eigenvalue weighted by Crippen LogP contribution is -2.37. The Balaban J connectivity index is 1.57. The fourth-order valence-corrected chi connectivity index (χ4v) is 5.72. The fourth-order valence-electron chi connectivity index (χ4n) is 4.41. The molecule has 5 rings (SSSR count). The first kappa shape index (κ1) is 25.1. The molecular formula is C25H25BrFN5O3S. The molecule has 11 heteroatoms. The zero-order chi connectivity index (χ0) is 25.1. The number of hydrogen-bond acceptors (Lipinski definition) is 7. The molecule has 8 nitrogen and oxygen atoms in total. The number of ether oxygens (including phenoxy) is 1. The van der Waals surface area contributed by atoms with Gasteiger partial charge in [0, 0.05) is 47.4 Å². The molecule has 0 spiro atoms. The molecule has 2 aromatic carbocycles. The summed E-state index contributed by atoms with van der Waals surface area (Å²) in [5, 5.41) is 19.0. The number of carbonyl (C=O) groups is 1. The molecule has 0 amide bonds. The molecule has 0 saturated carbocycles. The van der Waals surface area contributed by atoms with Gasteiger partial charge >= 0.3 is 5.97 Å². The van der Waals surface area contributed by atoms with Gasteiger partial charge in [0.2, 0.25) is 0 Å². The van der Waals surface area contributed by atoms with Crippen LogP contribution in [0.25, 0.3) is 5.69 Å². The van der Waals surface area contributed by atoms with Gasteiger partial charge in [-0.05, 0) is 36.8 Å². The van der Waals surface area contributed by atoms with E-state index >= 15 is 0 Å². The zero-order valence-corrected chi connectivity index (χ0v) is 21.8. The largest absolute Gasteiger partial charge is 0.481 e. The molecule has 1 atom stereocenters. The maximum absolute atomic E-state index is 15.0. The van der Waals surface area contributed by atoms with Crippen LogP contribution in [0.2, 0.25) is 0 Å². The minimum Gasteiger partial charge on any atom is -0.481 e. The Hall–Kier alpha value is -2.60. The minimum absolute atomic E-state index is 0.0921. The van der Waals surface area contributed by atoms with Crippen LogP contribution >= 0.6 is 27.7 Å². The summed E-state index contributed by atoms with van der Waals surface area (Å²) in [4.78, 5) is 18.7. The van der Waals surface area contributed by atoms with E-state index < -0.39 is 17.8 Å². The maximum atomic E-state index is 15.0. The van der Waals surface area contributed by atoms with Gasteiger partial charge in [-0.3, -0.25) is 19.3 Å². The van der Waals surface area contributed by atoms with Crippen LogP contribution in [0.4, 0.5) is 4.39 Å². The van der Waals surface area contributed by atoms with Crippen molar-refractivity contribution in [2.45, 2.75) is 24.0 Å².